The van der Waals surface area contributed by atoms with Crippen molar-refractivity contribution in [3.05, 3.63) is 66.1 Å². The number of carbonyl (C=O) groups excluding carboxylic acids is 1. The fourth-order valence-electron chi connectivity index (χ4n) is 2.67. The lowest BCUT2D eigenvalue weighted by Crippen LogP contribution is -2.15. The number of anilines is 2. The molecule has 0 aliphatic carbocycles. The predicted molar refractivity (Wildman–Crippen MR) is 110 cm³/mol. The number of methoxy groups -OCH3 is 3. The van der Waals surface area contributed by atoms with E-state index in [0.29, 0.717) is 29.5 Å². The van der Waals surface area contributed by atoms with Gasteiger partial charge >= 0.3 is 0 Å². The number of para-hydroxylation sites is 1. The maximum Gasteiger partial charge on any atom is 0.275 e. The summed E-state index contributed by atoms with van der Waals surface area (Å²) in [5, 5.41) is 5.92. The molecule has 150 valence electrons. The van der Waals surface area contributed by atoms with Gasteiger partial charge in [-0.05, 0) is 18.2 Å². The van der Waals surface area contributed by atoms with E-state index in [1.54, 1.807) is 32.4 Å². The van der Waals surface area contributed by atoms with Gasteiger partial charge in [0.25, 0.3) is 5.91 Å². The molecule has 3 aromatic rings. The number of hydrogen-bond acceptors (Lipinski definition) is 7. The molecule has 0 saturated carbocycles. The zero-order valence-electron chi connectivity index (χ0n) is 16.4. The summed E-state index contributed by atoms with van der Waals surface area (Å²) in [6.07, 6.45) is 2.92. The van der Waals surface area contributed by atoms with Crippen molar-refractivity contribution in [2.24, 2.45) is 0 Å². The normalized spacial score (nSPS) is 10.2. The van der Waals surface area contributed by atoms with Crippen LogP contribution in [0.2, 0.25) is 0 Å². The van der Waals surface area contributed by atoms with Gasteiger partial charge in [0.05, 0.1) is 39.4 Å². The van der Waals surface area contributed by atoms with E-state index in [2.05, 4.69) is 20.6 Å². The minimum atomic E-state index is -0.402. The van der Waals surface area contributed by atoms with Crippen LogP contribution in [0.1, 0.15) is 16.1 Å². The van der Waals surface area contributed by atoms with E-state index < -0.39 is 5.91 Å². The Bertz CT molecular complexity index is 977. The van der Waals surface area contributed by atoms with Crippen LogP contribution < -0.4 is 24.8 Å². The first-order valence-corrected chi connectivity index (χ1v) is 8.85. The van der Waals surface area contributed by atoms with Gasteiger partial charge in [-0.1, -0.05) is 18.2 Å². The van der Waals surface area contributed by atoms with Crippen molar-refractivity contribution in [1.29, 1.82) is 0 Å². The molecule has 8 heteroatoms. The highest BCUT2D eigenvalue weighted by atomic mass is 16.5. The lowest BCUT2D eigenvalue weighted by atomic mass is 10.2. The van der Waals surface area contributed by atoms with Crippen molar-refractivity contribution in [3.63, 3.8) is 0 Å². The molecule has 0 atom stereocenters. The quantitative estimate of drug-likeness (QED) is 0.605. The zero-order chi connectivity index (χ0) is 20.6. The maximum atomic E-state index is 12.5. The molecule has 0 fully saturated rings. The summed E-state index contributed by atoms with van der Waals surface area (Å²) in [4.78, 5) is 21.0. The number of rotatable bonds is 8. The van der Waals surface area contributed by atoms with Crippen LogP contribution in [-0.4, -0.2) is 37.2 Å². The number of ether oxygens (including phenoxy) is 3. The van der Waals surface area contributed by atoms with Crippen molar-refractivity contribution in [3.8, 4) is 17.2 Å². The summed E-state index contributed by atoms with van der Waals surface area (Å²) >= 11 is 0. The van der Waals surface area contributed by atoms with Gasteiger partial charge in [-0.3, -0.25) is 4.79 Å². The van der Waals surface area contributed by atoms with Crippen molar-refractivity contribution in [2.75, 3.05) is 32.0 Å². The smallest absolute Gasteiger partial charge is 0.275 e. The number of nitrogens with zero attached hydrogens (tertiary/aromatic N) is 2. The standard InChI is InChI=1S/C21H22N4O4/c1-27-15-8-9-19(29-3)16(10-15)25-21(26)17-12-24-20(13-22-17)23-11-14-6-4-5-7-18(14)28-2/h4-10,12-13H,11H2,1-3H3,(H,23,24)(H,25,26). The Balaban J connectivity index is 1.66. The van der Waals surface area contributed by atoms with Gasteiger partial charge in [0.2, 0.25) is 0 Å². The molecule has 1 aromatic heterocycles. The highest BCUT2D eigenvalue weighted by Gasteiger charge is 2.13. The van der Waals surface area contributed by atoms with E-state index in [-0.39, 0.29) is 5.69 Å². The van der Waals surface area contributed by atoms with Crippen molar-refractivity contribution in [1.82, 2.24) is 9.97 Å². The monoisotopic (exact) mass is 394 g/mol. The van der Waals surface area contributed by atoms with E-state index in [9.17, 15) is 4.79 Å². The molecule has 29 heavy (non-hydrogen) atoms. The highest BCUT2D eigenvalue weighted by Crippen LogP contribution is 2.29. The first-order chi connectivity index (χ1) is 14.1. The Morgan fingerprint density at radius 2 is 1.72 bits per heavy atom. The number of aromatic nitrogens is 2. The van der Waals surface area contributed by atoms with Gasteiger partial charge in [0.1, 0.15) is 28.8 Å². The minimum Gasteiger partial charge on any atom is -0.497 e. The third kappa shape index (κ3) is 4.92. The maximum absolute atomic E-state index is 12.5. The Morgan fingerprint density at radius 3 is 2.41 bits per heavy atom. The summed E-state index contributed by atoms with van der Waals surface area (Å²) in [5.74, 6) is 2.05. The van der Waals surface area contributed by atoms with Crippen LogP contribution in [0.25, 0.3) is 0 Å². The second-order valence-electron chi connectivity index (χ2n) is 5.97. The highest BCUT2D eigenvalue weighted by molar-refractivity contribution is 6.03. The molecular formula is C21H22N4O4. The molecule has 0 spiro atoms. The first kappa shape index (κ1) is 19.9. The predicted octanol–water partition coefficient (Wildman–Crippen LogP) is 3.37. The van der Waals surface area contributed by atoms with Gasteiger partial charge in [-0.2, -0.15) is 0 Å². The molecule has 0 aliphatic heterocycles. The Hall–Kier alpha value is -3.81. The molecule has 1 amide bonds. The lowest BCUT2D eigenvalue weighted by Gasteiger charge is -2.12. The van der Waals surface area contributed by atoms with Crippen LogP contribution in [0.4, 0.5) is 11.5 Å². The zero-order valence-corrected chi connectivity index (χ0v) is 16.4. The fraction of sp³-hybridized carbons (Fsp3) is 0.190. The van der Waals surface area contributed by atoms with E-state index in [0.717, 1.165) is 11.3 Å². The first-order valence-electron chi connectivity index (χ1n) is 8.85. The summed E-state index contributed by atoms with van der Waals surface area (Å²) < 4.78 is 15.8. The summed E-state index contributed by atoms with van der Waals surface area (Å²) in [5.41, 5.74) is 1.65. The summed E-state index contributed by atoms with van der Waals surface area (Å²) in [6, 6.07) is 12.8. The van der Waals surface area contributed by atoms with Crippen LogP contribution >= 0.6 is 0 Å². The molecule has 2 aromatic carbocycles. The fourth-order valence-corrected chi connectivity index (χ4v) is 2.67. The van der Waals surface area contributed by atoms with Gasteiger partial charge in [0.15, 0.2) is 0 Å². The van der Waals surface area contributed by atoms with Crippen LogP contribution in [0.15, 0.2) is 54.9 Å². The molecule has 0 aliphatic rings. The van der Waals surface area contributed by atoms with Crippen molar-refractivity contribution >= 4 is 17.4 Å². The number of carbonyl (C=O) groups is 1. The number of benzene rings is 2. The molecule has 0 radical (unpaired) electrons. The van der Waals surface area contributed by atoms with E-state index in [1.807, 2.05) is 24.3 Å². The summed E-state index contributed by atoms with van der Waals surface area (Å²) in [7, 11) is 4.71. The van der Waals surface area contributed by atoms with Crippen molar-refractivity contribution < 1.29 is 19.0 Å². The van der Waals surface area contributed by atoms with Gasteiger partial charge < -0.3 is 24.8 Å². The summed E-state index contributed by atoms with van der Waals surface area (Å²) in [6.45, 7) is 0.519. The second kappa shape index (κ2) is 9.41. The van der Waals surface area contributed by atoms with Gasteiger partial charge in [-0.15, -0.1) is 0 Å². The van der Waals surface area contributed by atoms with Crippen LogP contribution in [0.3, 0.4) is 0 Å². The van der Waals surface area contributed by atoms with E-state index in [4.69, 9.17) is 14.2 Å². The van der Waals surface area contributed by atoms with E-state index >= 15 is 0 Å². The van der Waals surface area contributed by atoms with Crippen LogP contribution in [-0.2, 0) is 6.54 Å². The van der Waals surface area contributed by atoms with Crippen LogP contribution in [0.5, 0.6) is 17.2 Å². The van der Waals surface area contributed by atoms with Crippen LogP contribution in [0, 0.1) is 0 Å². The van der Waals surface area contributed by atoms with Crippen molar-refractivity contribution in [2.45, 2.75) is 6.54 Å². The molecule has 3 rings (SSSR count). The van der Waals surface area contributed by atoms with Gasteiger partial charge in [0, 0.05) is 18.2 Å². The molecular weight excluding hydrogens is 372 g/mol. The SMILES string of the molecule is COc1ccc(OC)c(NC(=O)c2cnc(NCc3ccccc3OC)cn2)c1. The molecule has 0 unspecified atom stereocenters. The molecule has 0 saturated heterocycles. The number of amides is 1. The largest absolute Gasteiger partial charge is 0.497 e. The van der Waals surface area contributed by atoms with E-state index in [1.165, 1.54) is 19.5 Å². The Labute approximate surface area is 168 Å². The molecule has 8 nitrogen and oxygen atoms in total. The number of hydrogen-bond donors (Lipinski definition) is 2. The average molecular weight is 394 g/mol. The third-order valence-electron chi connectivity index (χ3n) is 4.19. The number of nitrogens with one attached hydrogen (secondary N) is 2. The minimum absolute atomic E-state index is 0.178. The second-order valence-corrected chi connectivity index (χ2v) is 5.97. The Morgan fingerprint density at radius 1 is 0.931 bits per heavy atom. The van der Waals surface area contributed by atoms with Gasteiger partial charge in [-0.25, -0.2) is 9.97 Å². The molecule has 0 bridgehead atoms. The molecule has 2 N–H and O–H groups in total. The topological polar surface area (TPSA) is 94.6 Å². The molecule has 1 heterocycles. The lowest BCUT2D eigenvalue weighted by molar-refractivity contribution is 0.102. The Kier molecular flexibility index (Phi) is 6.47. The average Bonchev–Trinajstić information content (AvgIpc) is 2.78. The third-order valence-corrected chi connectivity index (χ3v) is 4.19.